The summed E-state index contributed by atoms with van der Waals surface area (Å²) < 4.78 is 39.0. The Labute approximate surface area is 201 Å². The molecule has 1 N–H and O–H groups in total. The Morgan fingerprint density at radius 2 is 1.76 bits per heavy atom. The number of carbonyl (C=O) groups is 1. The van der Waals surface area contributed by atoms with Crippen LogP contribution in [0.5, 0.6) is 5.75 Å². The molecule has 0 bridgehead atoms. The summed E-state index contributed by atoms with van der Waals surface area (Å²) >= 11 is 0. The number of benzene rings is 2. The number of carbonyl (C=O) groups excluding carboxylic acids is 1. The fourth-order valence-electron chi connectivity index (χ4n) is 3.55. The lowest BCUT2D eigenvalue weighted by Crippen LogP contribution is -2.33. The Kier molecular flexibility index (Phi) is 7.88. The van der Waals surface area contributed by atoms with Crippen molar-refractivity contribution in [2.45, 2.75) is 31.8 Å². The van der Waals surface area contributed by atoms with Crippen molar-refractivity contribution < 1.29 is 22.4 Å². The van der Waals surface area contributed by atoms with Gasteiger partial charge in [-0.15, -0.1) is 0 Å². The average Bonchev–Trinajstić information content (AvgIpc) is 3.31. The molecule has 0 atom stereocenters. The number of ether oxygens (including phenoxy) is 1. The highest BCUT2D eigenvalue weighted by Crippen LogP contribution is 2.27. The summed E-state index contributed by atoms with van der Waals surface area (Å²) in [6.45, 7) is 4.31. The summed E-state index contributed by atoms with van der Waals surface area (Å²) in [7, 11) is 1.53. The first-order chi connectivity index (χ1) is 16.1. The van der Waals surface area contributed by atoms with Gasteiger partial charge in [0.15, 0.2) is 0 Å². The van der Waals surface area contributed by atoms with Gasteiger partial charge in [0, 0.05) is 37.9 Å². The van der Waals surface area contributed by atoms with Gasteiger partial charge in [0.1, 0.15) is 11.5 Å². The number of hydrogen-bond donors (Lipinski definition) is 1. The molecule has 0 saturated carbocycles. The zero-order valence-corrected chi connectivity index (χ0v) is 20.9. The van der Waals surface area contributed by atoms with Crippen molar-refractivity contribution in [3.63, 3.8) is 0 Å². The third-order valence-electron chi connectivity index (χ3n) is 5.28. The Morgan fingerprint density at radius 1 is 1.06 bits per heavy atom. The van der Waals surface area contributed by atoms with Crippen LogP contribution in [-0.2, 0) is 27.9 Å². The Hall–Kier alpha value is -3.46. The first-order valence-electron chi connectivity index (χ1n) is 10.9. The molecule has 0 unspecified atom stereocenters. The fraction of sp³-hybridized carbons (Fsp3) is 0.320. The van der Waals surface area contributed by atoms with Crippen LogP contribution in [0.25, 0.3) is 0 Å². The highest BCUT2D eigenvalue weighted by Gasteiger charge is 2.22. The maximum atomic E-state index is 13.0. The van der Waals surface area contributed by atoms with Crippen LogP contribution in [0, 0.1) is 5.92 Å². The number of sulfonamides is 1. The van der Waals surface area contributed by atoms with E-state index in [-0.39, 0.29) is 16.7 Å². The number of nitrogens with zero attached hydrogens (tertiary/aromatic N) is 2. The molecular formula is C25H31N3O5S. The minimum Gasteiger partial charge on any atom is -0.497 e. The van der Waals surface area contributed by atoms with Gasteiger partial charge < -0.3 is 19.0 Å². The second-order valence-electron chi connectivity index (χ2n) is 8.45. The van der Waals surface area contributed by atoms with Crippen molar-refractivity contribution in [2.75, 3.05) is 30.8 Å². The van der Waals surface area contributed by atoms with Gasteiger partial charge in [-0.25, -0.2) is 8.42 Å². The largest absolute Gasteiger partial charge is 0.497 e. The topological polar surface area (TPSA) is 92.1 Å². The van der Waals surface area contributed by atoms with Gasteiger partial charge in [-0.2, -0.15) is 0 Å². The predicted molar refractivity (Wildman–Crippen MR) is 132 cm³/mol. The summed E-state index contributed by atoms with van der Waals surface area (Å²) in [5, 5.41) is 0. The molecule has 0 aliphatic heterocycles. The van der Waals surface area contributed by atoms with Crippen LogP contribution < -0.4 is 14.4 Å². The molecule has 2 aromatic carbocycles. The smallest absolute Gasteiger partial charge is 0.261 e. The summed E-state index contributed by atoms with van der Waals surface area (Å²) in [6, 6.07) is 15.1. The van der Waals surface area contributed by atoms with E-state index in [0.717, 1.165) is 11.3 Å². The van der Waals surface area contributed by atoms with Crippen molar-refractivity contribution in [2.24, 2.45) is 5.92 Å². The van der Waals surface area contributed by atoms with E-state index in [4.69, 9.17) is 9.15 Å². The quantitative estimate of drug-likeness (QED) is 0.459. The molecule has 1 amide bonds. The first-order valence-corrected chi connectivity index (χ1v) is 12.4. The van der Waals surface area contributed by atoms with Crippen LogP contribution in [-0.4, -0.2) is 40.4 Å². The maximum Gasteiger partial charge on any atom is 0.261 e. The zero-order valence-electron chi connectivity index (χ0n) is 20.1. The molecule has 8 nitrogen and oxygen atoms in total. The molecule has 1 aromatic heterocycles. The molecule has 34 heavy (non-hydrogen) atoms. The van der Waals surface area contributed by atoms with E-state index < -0.39 is 10.0 Å². The Balaban J connectivity index is 1.92. The standard InChI is InChI=1S/C25H31N3O5S/c1-18(2)25(29)28(17-22-7-6-14-33-22)16-19-15-20(8-13-24(19)27(3)4)26-34(30,31)23-11-9-21(32-5)10-12-23/h6-15,18,26H,16-17H2,1-5H3. The molecule has 9 heteroatoms. The SMILES string of the molecule is COc1ccc(S(=O)(=O)Nc2ccc(N(C)C)c(CN(Cc3ccco3)C(=O)C(C)C)c2)cc1. The molecule has 3 aromatic rings. The molecule has 0 fully saturated rings. The highest BCUT2D eigenvalue weighted by atomic mass is 32.2. The number of anilines is 2. The van der Waals surface area contributed by atoms with Gasteiger partial charge in [-0.05, 0) is 60.2 Å². The predicted octanol–water partition coefficient (Wildman–Crippen LogP) is 4.34. The number of rotatable bonds is 10. The number of nitrogens with one attached hydrogen (secondary N) is 1. The molecule has 182 valence electrons. The summed E-state index contributed by atoms with van der Waals surface area (Å²) in [6.07, 6.45) is 1.58. The number of amides is 1. The third-order valence-corrected chi connectivity index (χ3v) is 6.67. The second-order valence-corrected chi connectivity index (χ2v) is 10.1. The van der Waals surface area contributed by atoms with Gasteiger partial charge in [0.25, 0.3) is 10.0 Å². The lowest BCUT2D eigenvalue weighted by atomic mass is 10.1. The number of furan rings is 1. The van der Waals surface area contributed by atoms with E-state index in [2.05, 4.69) is 4.72 Å². The Bertz CT molecular complexity index is 1200. The third kappa shape index (κ3) is 6.11. The van der Waals surface area contributed by atoms with Crippen molar-refractivity contribution in [3.05, 3.63) is 72.2 Å². The van der Waals surface area contributed by atoms with Gasteiger partial charge in [0.05, 0.1) is 24.8 Å². The average molecular weight is 486 g/mol. The van der Waals surface area contributed by atoms with E-state index >= 15 is 0 Å². The van der Waals surface area contributed by atoms with Gasteiger partial charge in [0.2, 0.25) is 5.91 Å². The molecule has 0 aliphatic rings. The lowest BCUT2D eigenvalue weighted by Gasteiger charge is -2.27. The normalized spacial score (nSPS) is 11.4. The minimum absolute atomic E-state index is 0.0228. The zero-order chi connectivity index (χ0) is 24.9. The molecule has 3 rings (SSSR count). The van der Waals surface area contributed by atoms with Gasteiger partial charge in [-0.1, -0.05) is 13.8 Å². The first kappa shape index (κ1) is 25.2. The van der Waals surface area contributed by atoms with Crippen LogP contribution in [0.3, 0.4) is 0 Å². The van der Waals surface area contributed by atoms with Crippen LogP contribution in [0.2, 0.25) is 0 Å². The van der Waals surface area contributed by atoms with Crippen LogP contribution in [0.1, 0.15) is 25.2 Å². The molecule has 0 spiro atoms. The van der Waals surface area contributed by atoms with E-state index in [0.29, 0.717) is 30.3 Å². The van der Waals surface area contributed by atoms with Gasteiger partial charge >= 0.3 is 0 Å². The summed E-state index contributed by atoms with van der Waals surface area (Å²) in [5.41, 5.74) is 2.10. The second kappa shape index (κ2) is 10.6. The lowest BCUT2D eigenvalue weighted by molar-refractivity contribution is -0.136. The molecule has 0 saturated heterocycles. The van der Waals surface area contributed by atoms with Crippen molar-refractivity contribution in [3.8, 4) is 5.75 Å². The molecular weight excluding hydrogens is 454 g/mol. The Morgan fingerprint density at radius 3 is 2.32 bits per heavy atom. The van der Waals surface area contributed by atoms with E-state index in [1.54, 1.807) is 41.5 Å². The van der Waals surface area contributed by atoms with Crippen LogP contribution in [0.15, 0.2) is 70.2 Å². The van der Waals surface area contributed by atoms with Crippen LogP contribution >= 0.6 is 0 Å². The maximum absolute atomic E-state index is 13.0. The molecule has 1 heterocycles. The number of methoxy groups -OCH3 is 1. The van der Waals surface area contributed by atoms with Crippen LogP contribution in [0.4, 0.5) is 11.4 Å². The van der Waals surface area contributed by atoms with Crippen molar-refractivity contribution in [1.29, 1.82) is 0 Å². The van der Waals surface area contributed by atoms with Crippen molar-refractivity contribution >= 4 is 27.3 Å². The van der Waals surface area contributed by atoms with E-state index in [1.807, 2.05) is 45.0 Å². The summed E-state index contributed by atoms with van der Waals surface area (Å²) in [5.74, 6) is 1.03. The monoisotopic (exact) mass is 485 g/mol. The van der Waals surface area contributed by atoms with Gasteiger partial charge in [-0.3, -0.25) is 9.52 Å². The molecule has 0 radical (unpaired) electrons. The summed E-state index contributed by atoms with van der Waals surface area (Å²) in [4.78, 5) is 16.7. The fourth-order valence-corrected chi connectivity index (χ4v) is 4.60. The number of hydrogen-bond acceptors (Lipinski definition) is 6. The highest BCUT2D eigenvalue weighted by molar-refractivity contribution is 7.92. The molecule has 0 aliphatic carbocycles. The van der Waals surface area contributed by atoms with E-state index in [9.17, 15) is 13.2 Å². The van der Waals surface area contributed by atoms with E-state index in [1.165, 1.54) is 19.2 Å². The minimum atomic E-state index is -3.80. The van der Waals surface area contributed by atoms with Crippen molar-refractivity contribution in [1.82, 2.24) is 4.90 Å².